The summed E-state index contributed by atoms with van der Waals surface area (Å²) >= 11 is 0. The van der Waals surface area contributed by atoms with Gasteiger partial charge in [0.05, 0.1) is 12.8 Å². The summed E-state index contributed by atoms with van der Waals surface area (Å²) in [5.74, 6) is -0.899. The van der Waals surface area contributed by atoms with Crippen molar-refractivity contribution in [2.24, 2.45) is 0 Å². The molecular weight excluding hydrogens is 358 g/mol. The van der Waals surface area contributed by atoms with Crippen molar-refractivity contribution < 1.29 is 18.8 Å². The van der Waals surface area contributed by atoms with E-state index in [0.717, 1.165) is 31.2 Å². The van der Waals surface area contributed by atoms with Crippen molar-refractivity contribution in [3.63, 3.8) is 0 Å². The highest BCUT2D eigenvalue weighted by Gasteiger charge is 2.24. The van der Waals surface area contributed by atoms with Crippen molar-refractivity contribution in [3.05, 3.63) is 54.0 Å². The molecule has 0 aliphatic heterocycles. The van der Waals surface area contributed by atoms with E-state index >= 15 is 0 Å². The molecule has 0 unspecified atom stereocenters. The molecule has 1 aliphatic rings. The molecule has 3 rings (SSSR count). The summed E-state index contributed by atoms with van der Waals surface area (Å²) in [6, 6.07) is 10.7. The third kappa shape index (κ3) is 5.00. The van der Waals surface area contributed by atoms with Gasteiger partial charge in [0, 0.05) is 11.7 Å². The summed E-state index contributed by atoms with van der Waals surface area (Å²) in [7, 11) is 0. The van der Waals surface area contributed by atoms with E-state index in [4.69, 9.17) is 4.42 Å². The second-order valence-electron chi connectivity index (χ2n) is 6.98. The number of hydrogen-bond donors (Lipinski definition) is 2. The third-order valence-corrected chi connectivity index (χ3v) is 4.87. The molecule has 0 saturated heterocycles. The van der Waals surface area contributed by atoms with Crippen LogP contribution >= 0.6 is 0 Å². The van der Waals surface area contributed by atoms with Crippen LogP contribution in [-0.2, 0) is 9.59 Å². The number of carbonyl (C=O) groups excluding carboxylic acids is 3. The normalized spacial score (nSPS) is 13.9. The van der Waals surface area contributed by atoms with Gasteiger partial charge >= 0.3 is 0 Å². The Bertz CT molecular complexity index is 826. The standard InChI is InChI=1S/C21H25N3O4/c1-15-7-2-5-10-17(15)24(14-19(25)23-16-8-3-4-9-16)20(26)13-22-21(27)18-11-6-12-28-18/h2,5-7,10-12,16H,3-4,8-9,13-14H2,1H3,(H,22,27)(H,23,25). The minimum absolute atomic E-state index is 0.0865. The van der Waals surface area contributed by atoms with Crippen LogP contribution in [0.2, 0.25) is 0 Å². The topological polar surface area (TPSA) is 91.7 Å². The van der Waals surface area contributed by atoms with E-state index in [1.807, 2.05) is 25.1 Å². The van der Waals surface area contributed by atoms with Crippen molar-refractivity contribution in [3.8, 4) is 0 Å². The van der Waals surface area contributed by atoms with E-state index in [9.17, 15) is 14.4 Å². The minimum atomic E-state index is -0.474. The van der Waals surface area contributed by atoms with Gasteiger partial charge in [-0.05, 0) is 43.5 Å². The van der Waals surface area contributed by atoms with E-state index in [1.165, 1.54) is 17.2 Å². The Morgan fingerprint density at radius 3 is 2.54 bits per heavy atom. The van der Waals surface area contributed by atoms with Gasteiger partial charge in [-0.3, -0.25) is 14.4 Å². The maximum Gasteiger partial charge on any atom is 0.287 e. The Morgan fingerprint density at radius 1 is 1.11 bits per heavy atom. The van der Waals surface area contributed by atoms with Crippen LogP contribution < -0.4 is 15.5 Å². The van der Waals surface area contributed by atoms with E-state index in [2.05, 4.69) is 10.6 Å². The Hall–Kier alpha value is -3.09. The Morgan fingerprint density at radius 2 is 1.86 bits per heavy atom. The second kappa shape index (κ2) is 9.21. The number of carbonyl (C=O) groups is 3. The predicted octanol–water partition coefficient (Wildman–Crippen LogP) is 2.41. The number of nitrogens with one attached hydrogen (secondary N) is 2. The molecular formula is C21H25N3O4. The molecule has 1 aliphatic carbocycles. The van der Waals surface area contributed by atoms with Crippen molar-refractivity contribution in [2.75, 3.05) is 18.0 Å². The summed E-state index contributed by atoms with van der Waals surface area (Å²) in [6.45, 7) is 1.56. The van der Waals surface area contributed by atoms with E-state index in [0.29, 0.717) is 5.69 Å². The maximum absolute atomic E-state index is 12.8. The third-order valence-electron chi connectivity index (χ3n) is 4.87. The number of nitrogens with zero attached hydrogens (tertiary/aromatic N) is 1. The van der Waals surface area contributed by atoms with Crippen LogP contribution in [0.15, 0.2) is 47.1 Å². The van der Waals surface area contributed by atoms with Crippen molar-refractivity contribution in [1.82, 2.24) is 10.6 Å². The van der Waals surface area contributed by atoms with E-state index in [1.54, 1.807) is 12.1 Å². The van der Waals surface area contributed by atoms with Crippen LogP contribution in [0.3, 0.4) is 0 Å². The average molecular weight is 383 g/mol. The fourth-order valence-electron chi connectivity index (χ4n) is 3.41. The van der Waals surface area contributed by atoms with Gasteiger partial charge in [0.25, 0.3) is 5.91 Å². The van der Waals surface area contributed by atoms with Crippen molar-refractivity contribution in [2.45, 2.75) is 38.6 Å². The van der Waals surface area contributed by atoms with Crippen LogP contribution in [-0.4, -0.2) is 36.9 Å². The lowest BCUT2D eigenvalue weighted by molar-refractivity contribution is -0.123. The Kier molecular flexibility index (Phi) is 6.47. The van der Waals surface area contributed by atoms with Crippen molar-refractivity contribution >= 4 is 23.4 Å². The van der Waals surface area contributed by atoms with Gasteiger partial charge in [-0.1, -0.05) is 31.0 Å². The zero-order valence-corrected chi connectivity index (χ0v) is 15.9. The lowest BCUT2D eigenvalue weighted by Crippen LogP contribution is -2.47. The van der Waals surface area contributed by atoms with Crippen LogP contribution in [0.25, 0.3) is 0 Å². The average Bonchev–Trinajstić information content (AvgIpc) is 3.38. The number of aryl methyl sites for hydroxylation is 1. The molecule has 3 amide bonds. The summed E-state index contributed by atoms with van der Waals surface area (Å²) in [4.78, 5) is 38.8. The molecule has 7 nitrogen and oxygen atoms in total. The SMILES string of the molecule is Cc1ccccc1N(CC(=O)NC1CCCC1)C(=O)CNC(=O)c1ccco1. The molecule has 7 heteroatoms. The first-order chi connectivity index (χ1) is 13.5. The number of benzene rings is 1. The first-order valence-corrected chi connectivity index (χ1v) is 9.51. The number of para-hydroxylation sites is 1. The molecule has 0 radical (unpaired) electrons. The predicted molar refractivity (Wildman–Crippen MR) is 105 cm³/mol. The first-order valence-electron chi connectivity index (χ1n) is 9.51. The number of amides is 3. The van der Waals surface area contributed by atoms with Gasteiger partial charge < -0.3 is 20.0 Å². The van der Waals surface area contributed by atoms with Gasteiger partial charge in [-0.15, -0.1) is 0 Å². The van der Waals surface area contributed by atoms with Gasteiger partial charge in [0.2, 0.25) is 11.8 Å². The van der Waals surface area contributed by atoms with Crippen molar-refractivity contribution in [1.29, 1.82) is 0 Å². The van der Waals surface area contributed by atoms with Gasteiger partial charge in [0.1, 0.15) is 6.54 Å². The highest BCUT2D eigenvalue weighted by molar-refractivity contribution is 6.02. The monoisotopic (exact) mass is 383 g/mol. The smallest absolute Gasteiger partial charge is 0.287 e. The van der Waals surface area contributed by atoms with Gasteiger partial charge in [-0.25, -0.2) is 0 Å². The maximum atomic E-state index is 12.8. The summed E-state index contributed by atoms with van der Waals surface area (Å²) < 4.78 is 5.03. The molecule has 1 aromatic carbocycles. The molecule has 2 aromatic rings. The van der Waals surface area contributed by atoms with Gasteiger partial charge in [0.15, 0.2) is 5.76 Å². The van der Waals surface area contributed by atoms with E-state index < -0.39 is 5.91 Å². The first kappa shape index (κ1) is 19.7. The van der Waals surface area contributed by atoms with Crippen LogP contribution in [0.1, 0.15) is 41.8 Å². The van der Waals surface area contributed by atoms with Crippen LogP contribution in [0, 0.1) is 6.92 Å². The fourth-order valence-corrected chi connectivity index (χ4v) is 3.41. The number of hydrogen-bond acceptors (Lipinski definition) is 4. The zero-order valence-electron chi connectivity index (χ0n) is 15.9. The van der Waals surface area contributed by atoms with Gasteiger partial charge in [-0.2, -0.15) is 0 Å². The Balaban J connectivity index is 1.68. The molecule has 1 saturated carbocycles. The minimum Gasteiger partial charge on any atom is -0.459 e. The van der Waals surface area contributed by atoms with Crippen LogP contribution in [0.5, 0.6) is 0 Å². The highest BCUT2D eigenvalue weighted by Crippen LogP contribution is 2.20. The number of rotatable bonds is 7. The fraction of sp³-hybridized carbons (Fsp3) is 0.381. The summed E-state index contributed by atoms with van der Waals surface area (Å²) in [5.41, 5.74) is 1.53. The summed E-state index contributed by atoms with van der Waals surface area (Å²) in [6.07, 6.45) is 5.57. The summed E-state index contributed by atoms with van der Waals surface area (Å²) in [5, 5.41) is 5.55. The quantitative estimate of drug-likeness (QED) is 0.768. The number of furan rings is 1. The van der Waals surface area contributed by atoms with E-state index in [-0.39, 0.29) is 36.7 Å². The molecule has 1 heterocycles. The molecule has 148 valence electrons. The lowest BCUT2D eigenvalue weighted by Gasteiger charge is -2.25. The van der Waals surface area contributed by atoms with Crippen LogP contribution in [0.4, 0.5) is 5.69 Å². The highest BCUT2D eigenvalue weighted by atomic mass is 16.3. The number of anilines is 1. The molecule has 28 heavy (non-hydrogen) atoms. The molecule has 0 bridgehead atoms. The molecule has 0 spiro atoms. The Labute approximate surface area is 164 Å². The molecule has 1 aromatic heterocycles. The lowest BCUT2D eigenvalue weighted by atomic mass is 10.1. The second-order valence-corrected chi connectivity index (χ2v) is 6.98. The zero-order chi connectivity index (χ0) is 19.9. The largest absolute Gasteiger partial charge is 0.459 e. The molecule has 2 N–H and O–H groups in total. The molecule has 0 atom stereocenters. The molecule has 1 fully saturated rings.